The van der Waals surface area contributed by atoms with Gasteiger partial charge in [0.15, 0.2) is 0 Å². The highest BCUT2D eigenvalue weighted by Gasteiger charge is 2.39. The number of primary amides is 1. The Morgan fingerprint density at radius 2 is 1.66 bits per heavy atom. The zero-order chi connectivity index (χ0) is 35.2. The average molecular weight is 693 g/mol. The molecule has 1 fully saturated rings. The number of amides is 3. The summed E-state index contributed by atoms with van der Waals surface area (Å²) in [5, 5.41) is 3.02. The van der Waals surface area contributed by atoms with Crippen molar-refractivity contribution in [1.29, 1.82) is 0 Å². The number of nitrogens with one attached hydrogen (secondary N) is 1. The topological polar surface area (TPSA) is 105 Å². The monoisotopic (exact) mass is 692 g/mol. The number of halogens is 2. The second-order valence-electron chi connectivity index (χ2n) is 13.3. The number of rotatable bonds is 13. The van der Waals surface area contributed by atoms with E-state index in [1.54, 1.807) is 17.0 Å². The van der Waals surface area contributed by atoms with Crippen molar-refractivity contribution in [2.75, 3.05) is 4.90 Å². The molecule has 4 aromatic rings. The molecule has 3 atom stereocenters. The molecule has 258 valence electrons. The number of anilines is 1. The van der Waals surface area contributed by atoms with E-state index in [1.807, 2.05) is 85.8 Å². The molecule has 7 nitrogen and oxygen atoms in total. The molecule has 1 aliphatic heterocycles. The second kappa shape index (κ2) is 15.8. The Morgan fingerprint density at radius 3 is 2.36 bits per heavy atom. The standard InChI is InChI=1S/C41H42ClFN4O3/c1-2-3-17-31(38(44)48)33(23-26-11-9-12-26)40(49)46-39-41(50)47(25-27-13-10-16-29(22-27)30-20-21-35(43)34(42)24-30)36-19-8-7-18-32(36)37(45-39)28-14-5-4-6-15-28/h4-8,10,13-16,18-22,24,26,31,33,39H,2-3,9,11-12,17,23,25H2,1H3,(H2,44,48)(H,46,49). The molecule has 0 aromatic heterocycles. The van der Waals surface area contributed by atoms with Gasteiger partial charge in [0.05, 0.1) is 23.0 Å². The van der Waals surface area contributed by atoms with Crippen LogP contribution in [0.1, 0.15) is 68.6 Å². The lowest BCUT2D eigenvalue weighted by Gasteiger charge is -2.33. The fraction of sp³-hybridized carbons (Fsp3) is 0.317. The highest BCUT2D eigenvalue weighted by atomic mass is 35.5. The third kappa shape index (κ3) is 7.81. The molecule has 3 amide bonds. The Balaban J connectivity index is 1.39. The zero-order valence-electron chi connectivity index (χ0n) is 28.2. The van der Waals surface area contributed by atoms with Crippen molar-refractivity contribution in [1.82, 2.24) is 5.32 Å². The van der Waals surface area contributed by atoms with Crippen LogP contribution in [0.5, 0.6) is 0 Å². The van der Waals surface area contributed by atoms with Crippen LogP contribution in [0.25, 0.3) is 11.1 Å². The number of carbonyl (C=O) groups excluding carboxylic acids is 3. The molecule has 0 bridgehead atoms. The maximum absolute atomic E-state index is 14.7. The summed E-state index contributed by atoms with van der Waals surface area (Å²) < 4.78 is 13.9. The summed E-state index contributed by atoms with van der Waals surface area (Å²) in [7, 11) is 0. The summed E-state index contributed by atoms with van der Waals surface area (Å²) in [4.78, 5) is 48.4. The van der Waals surface area contributed by atoms with E-state index in [0.29, 0.717) is 30.2 Å². The van der Waals surface area contributed by atoms with Crippen LogP contribution in [-0.4, -0.2) is 29.6 Å². The van der Waals surface area contributed by atoms with Gasteiger partial charge in [-0.2, -0.15) is 0 Å². The first-order valence-electron chi connectivity index (χ1n) is 17.4. The van der Waals surface area contributed by atoms with Crippen LogP contribution < -0.4 is 16.0 Å². The second-order valence-corrected chi connectivity index (χ2v) is 13.7. The van der Waals surface area contributed by atoms with E-state index in [2.05, 4.69) is 5.32 Å². The molecular weight excluding hydrogens is 651 g/mol. The third-order valence-electron chi connectivity index (χ3n) is 9.92. The van der Waals surface area contributed by atoms with Crippen LogP contribution in [0, 0.1) is 23.6 Å². The summed E-state index contributed by atoms with van der Waals surface area (Å²) >= 11 is 6.10. The van der Waals surface area contributed by atoms with Crippen molar-refractivity contribution < 1.29 is 18.8 Å². The van der Waals surface area contributed by atoms with Gasteiger partial charge in [-0.15, -0.1) is 0 Å². The van der Waals surface area contributed by atoms with Crippen molar-refractivity contribution in [3.63, 3.8) is 0 Å². The fourth-order valence-electron chi connectivity index (χ4n) is 6.97. The van der Waals surface area contributed by atoms with E-state index in [-0.39, 0.29) is 17.5 Å². The fourth-order valence-corrected chi connectivity index (χ4v) is 7.15. The third-order valence-corrected chi connectivity index (χ3v) is 10.2. The molecule has 2 aliphatic rings. The van der Waals surface area contributed by atoms with Crippen LogP contribution in [-0.2, 0) is 20.9 Å². The van der Waals surface area contributed by atoms with Gasteiger partial charge in [0, 0.05) is 23.0 Å². The number of hydrogen-bond donors (Lipinski definition) is 2. The van der Waals surface area contributed by atoms with E-state index < -0.39 is 35.6 Å². The lowest BCUT2D eigenvalue weighted by Crippen LogP contribution is -2.51. The van der Waals surface area contributed by atoms with Gasteiger partial charge in [0.25, 0.3) is 5.91 Å². The lowest BCUT2D eigenvalue weighted by molar-refractivity contribution is -0.136. The summed E-state index contributed by atoms with van der Waals surface area (Å²) in [5.41, 5.74) is 11.1. The highest BCUT2D eigenvalue weighted by molar-refractivity contribution is 6.31. The Labute approximate surface area is 297 Å². The average Bonchev–Trinajstić information content (AvgIpc) is 3.21. The van der Waals surface area contributed by atoms with Crippen molar-refractivity contribution in [3.8, 4) is 11.1 Å². The molecule has 9 heteroatoms. The number of nitrogens with two attached hydrogens (primary N) is 1. The Hall–Kier alpha value is -4.82. The van der Waals surface area contributed by atoms with Gasteiger partial charge in [-0.05, 0) is 59.7 Å². The van der Waals surface area contributed by atoms with Crippen LogP contribution in [0.2, 0.25) is 5.02 Å². The van der Waals surface area contributed by atoms with Crippen LogP contribution in [0.15, 0.2) is 102 Å². The normalized spacial score (nSPS) is 17.2. The minimum atomic E-state index is -1.26. The predicted molar refractivity (Wildman–Crippen MR) is 196 cm³/mol. The first-order chi connectivity index (χ1) is 24.2. The lowest BCUT2D eigenvalue weighted by atomic mass is 9.73. The molecule has 50 heavy (non-hydrogen) atoms. The molecule has 1 heterocycles. The molecule has 0 saturated heterocycles. The first-order valence-corrected chi connectivity index (χ1v) is 17.8. The molecular formula is C41H42ClFN4O3. The van der Waals surface area contributed by atoms with Crippen LogP contribution in [0.4, 0.5) is 10.1 Å². The first kappa shape index (κ1) is 35.0. The van der Waals surface area contributed by atoms with Crippen molar-refractivity contribution in [3.05, 3.63) is 125 Å². The number of unbranched alkanes of at least 4 members (excludes halogenated alkanes) is 1. The molecule has 0 spiro atoms. The molecule has 6 rings (SSSR count). The minimum absolute atomic E-state index is 0.0255. The molecule has 1 aliphatic carbocycles. The number of fused-ring (bicyclic) bond motifs is 1. The Kier molecular flexibility index (Phi) is 11.1. The quantitative estimate of drug-likeness (QED) is 0.148. The highest BCUT2D eigenvalue weighted by Crippen LogP contribution is 2.37. The zero-order valence-corrected chi connectivity index (χ0v) is 28.9. The molecule has 3 N–H and O–H groups in total. The van der Waals surface area contributed by atoms with Gasteiger partial charge >= 0.3 is 0 Å². The maximum atomic E-state index is 14.7. The van der Waals surface area contributed by atoms with Gasteiger partial charge in [0.1, 0.15) is 5.82 Å². The minimum Gasteiger partial charge on any atom is -0.369 e. The molecule has 1 saturated carbocycles. The van der Waals surface area contributed by atoms with Crippen molar-refractivity contribution in [2.24, 2.45) is 28.5 Å². The maximum Gasteiger partial charge on any atom is 0.272 e. The number of carbonyl (C=O) groups is 3. The number of para-hydroxylation sites is 1. The van der Waals surface area contributed by atoms with Crippen LogP contribution in [0.3, 0.4) is 0 Å². The van der Waals surface area contributed by atoms with E-state index in [1.165, 1.54) is 6.07 Å². The van der Waals surface area contributed by atoms with Crippen molar-refractivity contribution >= 4 is 40.7 Å². The molecule has 4 aromatic carbocycles. The SMILES string of the molecule is CCCCC(C(N)=O)C(CC1CCC1)C(=O)NC1N=C(c2ccccc2)c2ccccc2N(Cc2cccc(-c3ccc(F)c(Cl)c3)c2)C1=O. The molecule has 0 radical (unpaired) electrons. The van der Waals surface area contributed by atoms with E-state index >= 15 is 0 Å². The molecule has 3 unspecified atom stereocenters. The number of aliphatic imine (C=N–C) groups is 1. The number of benzodiazepines with no additional fused rings is 1. The smallest absolute Gasteiger partial charge is 0.272 e. The number of nitrogens with zero attached hydrogens (tertiary/aromatic N) is 2. The largest absolute Gasteiger partial charge is 0.369 e. The van der Waals surface area contributed by atoms with E-state index in [0.717, 1.165) is 59.9 Å². The van der Waals surface area contributed by atoms with E-state index in [4.69, 9.17) is 22.3 Å². The number of benzene rings is 4. The van der Waals surface area contributed by atoms with Gasteiger partial charge in [-0.3, -0.25) is 14.4 Å². The Bertz CT molecular complexity index is 1890. The van der Waals surface area contributed by atoms with Gasteiger partial charge in [-0.25, -0.2) is 9.38 Å². The van der Waals surface area contributed by atoms with Gasteiger partial charge in [0.2, 0.25) is 18.0 Å². The van der Waals surface area contributed by atoms with E-state index in [9.17, 15) is 18.8 Å². The predicted octanol–water partition coefficient (Wildman–Crippen LogP) is 8.07. The van der Waals surface area contributed by atoms with Crippen molar-refractivity contribution in [2.45, 2.75) is 64.6 Å². The summed E-state index contributed by atoms with van der Waals surface area (Å²) in [6.45, 7) is 2.22. The number of hydrogen-bond acceptors (Lipinski definition) is 4. The van der Waals surface area contributed by atoms with Gasteiger partial charge < -0.3 is 16.0 Å². The summed E-state index contributed by atoms with van der Waals surface area (Å²) in [6, 6.07) is 29.4. The summed E-state index contributed by atoms with van der Waals surface area (Å²) in [5.74, 6) is -2.73. The van der Waals surface area contributed by atoms with Gasteiger partial charge in [-0.1, -0.05) is 123 Å². The van der Waals surface area contributed by atoms with Crippen LogP contribution >= 0.6 is 11.6 Å². The summed E-state index contributed by atoms with van der Waals surface area (Å²) in [6.07, 6.45) is 4.56. The Morgan fingerprint density at radius 1 is 0.940 bits per heavy atom.